The lowest BCUT2D eigenvalue weighted by molar-refractivity contribution is 0.0308. The van der Waals surface area contributed by atoms with Crippen molar-refractivity contribution >= 4 is 0 Å². The highest BCUT2D eigenvalue weighted by molar-refractivity contribution is 5.04. The Kier molecular flexibility index (Phi) is 3.13. The summed E-state index contributed by atoms with van der Waals surface area (Å²) in [6.07, 6.45) is 9.90. The van der Waals surface area contributed by atoms with Crippen LogP contribution in [0.5, 0.6) is 0 Å². The molecular formula is C12H24N2. The van der Waals surface area contributed by atoms with Crippen LogP contribution in [0.2, 0.25) is 0 Å². The van der Waals surface area contributed by atoms with Crippen LogP contribution >= 0.6 is 0 Å². The van der Waals surface area contributed by atoms with Crippen LogP contribution in [0.1, 0.15) is 58.8 Å². The predicted molar refractivity (Wildman–Crippen MR) is 59.9 cm³/mol. The van der Waals surface area contributed by atoms with Crippen LogP contribution in [0.25, 0.3) is 0 Å². The summed E-state index contributed by atoms with van der Waals surface area (Å²) in [7, 11) is 0. The maximum Gasteiger partial charge on any atom is 0.0487 e. The van der Waals surface area contributed by atoms with Crippen LogP contribution in [0.3, 0.4) is 0 Å². The Hall–Kier alpha value is -0.0800. The van der Waals surface area contributed by atoms with E-state index in [9.17, 15) is 0 Å². The van der Waals surface area contributed by atoms with Crippen LogP contribution in [0.15, 0.2) is 0 Å². The second kappa shape index (κ2) is 4.19. The van der Waals surface area contributed by atoms with Gasteiger partial charge in [0.25, 0.3) is 0 Å². The van der Waals surface area contributed by atoms with Gasteiger partial charge in [-0.05, 0) is 25.7 Å². The van der Waals surface area contributed by atoms with Gasteiger partial charge >= 0.3 is 0 Å². The molecule has 1 heterocycles. The van der Waals surface area contributed by atoms with Gasteiger partial charge in [0, 0.05) is 11.6 Å². The summed E-state index contributed by atoms with van der Waals surface area (Å²) in [5, 5.41) is 0. The van der Waals surface area contributed by atoms with Crippen LogP contribution < -0.4 is 10.9 Å². The summed E-state index contributed by atoms with van der Waals surface area (Å²) in [5.74, 6) is 0.812. The number of fused-ring (bicyclic) bond motifs is 1. The van der Waals surface area contributed by atoms with Crippen molar-refractivity contribution in [3.05, 3.63) is 0 Å². The van der Waals surface area contributed by atoms with Crippen molar-refractivity contribution in [3.63, 3.8) is 0 Å². The van der Waals surface area contributed by atoms with E-state index >= 15 is 0 Å². The molecule has 2 fully saturated rings. The summed E-state index contributed by atoms with van der Waals surface area (Å²) in [6, 6.07) is 0.718. The van der Waals surface area contributed by atoms with Crippen molar-refractivity contribution in [1.29, 1.82) is 0 Å². The van der Waals surface area contributed by atoms with E-state index in [1.165, 1.54) is 44.9 Å². The van der Waals surface area contributed by atoms with Gasteiger partial charge in [0.05, 0.1) is 0 Å². The van der Waals surface area contributed by atoms with Gasteiger partial charge in [0.2, 0.25) is 0 Å². The lowest BCUT2D eigenvalue weighted by Crippen LogP contribution is -2.77. The number of hydrazine groups is 1. The van der Waals surface area contributed by atoms with Gasteiger partial charge in [-0.1, -0.05) is 39.0 Å². The molecule has 0 bridgehead atoms. The number of rotatable bonds is 0. The number of hydrogen-bond acceptors (Lipinski definition) is 2. The molecule has 2 aliphatic rings. The van der Waals surface area contributed by atoms with Crippen molar-refractivity contribution in [2.75, 3.05) is 0 Å². The van der Waals surface area contributed by atoms with Gasteiger partial charge in [-0.15, -0.1) is 0 Å². The summed E-state index contributed by atoms with van der Waals surface area (Å²) in [6.45, 7) is 4.79. The highest BCUT2D eigenvalue weighted by Crippen LogP contribution is 2.33. The van der Waals surface area contributed by atoms with E-state index in [2.05, 4.69) is 24.7 Å². The summed E-state index contributed by atoms with van der Waals surface area (Å²) >= 11 is 0. The highest BCUT2D eigenvalue weighted by Gasteiger charge is 2.45. The first-order valence-corrected chi connectivity index (χ1v) is 6.26. The Balaban J connectivity index is 1.96. The molecule has 1 saturated carbocycles. The summed E-state index contributed by atoms with van der Waals surface area (Å²) < 4.78 is 0. The quantitative estimate of drug-likeness (QED) is 0.622. The van der Waals surface area contributed by atoms with E-state index in [1.54, 1.807) is 0 Å². The lowest BCUT2D eigenvalue weighted by atomic mass is 9.73. The molecule has 3 unspecified atom stereocenters. The SMILES string of the molecule is CC1CCCCCCCC2NNC12C. The predicted octanol–water partition coefficient (Wildman–Crippen LogP) is 2.60. The minimum Gasteiger partial charge on any atom is -0.252 e. The Bertz CT molecular complexity index is 181. The second-order valence-corrected chi connectivity index (χ2v) is 5.35. The molecule has 1 saturated heterocycles. The van der Waals surface area contributed by atoms with Crippen molar-refractivity contribution in [3.8, 4) is 0 Å². The lowest BCUT2D eigenvalue weighted by Gasteiger charge is -2.53. The zero-order valence-corrected chi connectivity index (χ0v) is 9.60. The van der Waals surface area contributed by atoms with Crippen LogP contribution in [0.4, 0.5) is 0 Å². The second-order valence-electron chi connectivity index (χ2n) is 5.35. The Morgan fingerprint density at radius 1 is 1.00 bits per heavy atom. The van der Waals surface area contributed by atoms with E-state index < -0.39 is 0 Å². The molecule has 2 N–H and O–H groups in total. The topological polar surface area (TPSA) is 24.1 Å². The van der Waals surface area contributed by atoms with Gasteiger partial charge in [0.1, 0.15) is 0 Å². The minimum atomic E-state index is 0.372. The molecule has 82 valence electrons. The fourth-order valence-corrected chi connectivity index (χ4v) is 2.87. The molecule has 0 aromatic carbocycles. The third kappa shape index (κ3) is 1.82. The third-order valence-electron chi connectivity index (χ3n) is 4.39. The first kappa shape index (κ1) is 10.4. The molecule has 1 aliphatic heterocycles. The molecule has 0 spiro atoms. The monoisotopic (exact) mass is 196 g/mol. The van der Waals surface area contributed by atoms with Crippen LogP contribution in [-0.4, -0.2) is 11.6 Å². The fraction of sp³-hybridized carbons (Fsp3) is 1.00. The van der Waals surface area contributed by atoms with Gasteiger partial charge in [-0.3, -0.25) is 5.43 Å². The first-order valence-electron chi connectivity index (χ1n) is 6.26. The van der Waals surface area contributed by atoms with Crippen molar-refractivity contribution in [2.24, 2.45) is 5.92 Å². The third-order valence-corrected chi connectivity index (χ3v) is 4.39. The van der Waals surface area contributed by atoms with E-state index in [1.807, 2.05) is 0 Å². The smallest absolute Gasteiger partial charge is 0.0487 e. The molecule has 2 nitrogen and oxygen atoms in total. The highest BCUT2D eigenvalue weighted by atomic mass is 15.5. The zero-order chi connectivity index (χ0) is 10.0. The molecule has 0 aromatic heterocycles. The molecule has 0 amide bonds. The largest absolute Gasteiger partial charge is 0.252 e. The van der Waals surface area contributed by atoms with Crippen LogP contribution in [0, 0.1) is 5.92 Å². The maximum atomic E-state index is 3.44. The van der Waals surface area contributed by atoms with Gasteiger partial charge in [-0.2, -0.15) is 0 Å². The normalized spacial score (nSPS) is 45.0. The van der Waals surface area contributed by atoms with E-state index in [4.69, 9.17) is 0 Å². The van der Waals surface area contributed by atoms with E-state index in [-0.39, 0.29) is 0 Å². The summed E-state index contributed by atoms with van der Waals surface area (Å²) in [4.78, 5) is 0. The molecular weight excluding hydrogens is 172 g/mol. The van der Waals surface area contributed by atoms with E-state index in [0.29, 0.717) is 5.54 Å². The molecule has 3 atom stereocenters. The maximum absolute atomic E-state index is 3.44. The first-order chi connectivity index (χ1) is 6.73. The molecule has 14 heavy (non-hydrogen) atoms. The van der Waals surface area contributed by atoms with Crippen molar-refractivity contribution in [2.45, 2.75) is 70.4 Å². The molecule has 1 aliphatic carbocycles. The average Bonchev–Trinajstić information content (AvgIpc) is 2.17. The number of nitrogens with one attached hydrogen (secondary N) is 2. The van der Waals surface area contributed by atoms with Gasteiger partial charge < -0.3 is 0 Å². The van der Waals surface area contributed by atoms with Crippen molar-refractivity contribution in [1.82, 2.24) is 10.9 Å². The Labute approximate surface area is 87.8 Å². The molecule has 0 radical (unpaired) electrons. The Morgan fingerprint density at radius 2 is 1.64 bits per heavy atom. The minimum absolute atomic E-state index is 0.372. The fourth-order valence-electron chi connectivity index (χ4n) is 2.87. The Morgan fingerprint density at radius 3 is 2.29 bits per heavy atom. The molecule has 0 aromatic rings. The van der Waals surface area contributed by atoms with Crippen molar-refractivity contribution < 1.29 is 0 Å². The number of hydrogen-bond donors (Lipinski definition) is 2. The summed E-state index contributed by atoms with van der Waals surface area (Å²) in [5.41, 5.74) is 7.20. The van der Waals surface area contributed by atoms with Gasteiger partial charge in [0.15, 0.2) is 0 Å². The van der Waals surface area contributed by atoms with E-state index in [0.717, 1.165) is 12.0 Å². The molecule has 2 heteroatoms. The van der Waals surface area contributed by atoms with Gasteiger partial charge in [-0.25, -0.2) is 5.43 Å². The van der Waals surface area contributed by atoms with Crippen LogP contribution in [-0.2, 0) is 0 Å². The molecule has 2 rings (SSSR count). The zero-order valence-electron chi connectivity index (χ0n) is 9.60. The standard InChI is InChI=1S/C12H24N2/c1-10-8-6-4-3-5-7-9-11-12(10,2)14-13-11/h10-11,13-14H,3-9H2,1-2H3. The average molecular weight is 196 g/mol.